The summed E-state index contributed by atoms with van der Waals surface area (Å²) in [6.45, 7) is 2.60. The summed E-state index contributed by atoms with van der Waals surface area (Å²) in [6.07, 6.45) is 2.55. The molecule has 0 saturated heterocycles. The Morgan fingerprint density at radius 1 is 1.28 bits per heavy atom. The molecule has 0 spiro atoms. The minimum absolute atomic E-state index is 0.536. The molecule has 0 aromatic heterocycles. The van der Waals surface area contributed by atoms with Gasteiger partial charge in [-0.15, -0.1) is 0 Å². The Morgan fingerprint density at radius 3 is 2.44 bits per heavy atom. The van der Waals surface area contributed by atoms with E-state index in [2.05, 4.69) is 4.90 Å². The number of rotatable bonds is 7. The summed E-state index contributed by atoms with van der Waals surface area (Å²) < 4.78 is 5.13. The minimum atomic E-state index is -1.38. The highest BCUT2D eigenvalue weighted by Gasteiger charge is 2.28. The average Bonchev–Trinajstić information content (AvgIpc) is 3.19. The summed E-state index contributed by atoms with van der Waals surface area (Å²) in [7, 11) is 0.342. The topological polar surface area (TPSA) is 52.9 Å². The Hall–Kier alpha value is -0.875. The number of benzene rings is 1. The Labute approximate surface area is 108 Å². The number of methoxy groups -OCH3 is 1. The van der Waals surface area contributed by atoms with Crippen molar-refractivity contribution in [1.82, 2.24) is 4.90 Å². The second-order valence-corrected chi connectivity index (χ2v) is 4.81. The van der Waals surface area contributed by atoms with Crippen LogP contribution in [0.15, 0.2) is 24.3 Å². The van der Waals surface area contributed by atoms with Crippen molar-refractivity contribution >= 4 is 12.6 Å². The van der Waals surface area contributed by atoms with Crippen molar-refractivity contribution in [2.75, 3.05) is 20.3 Å². The van der Waals surface area contributed by atoms with Crippen LogP contribution >= 0.6 is 0 Å². The molecule has 1 aliphatic rings. The molecule has 0 amide bonds. The summed E-state index contributed by atoms with van der Waals surface area (Å²) in [5.41, 5.74) is 1.73. The molecule has 0 heterocycles. The van der Waals surface area contributed by atoms with E-state index in [4.69, 9.17) is 14.8 Å². The lowest BCUT2D eigenvalue weighted by Crippen LogP contribution is -2.31. The van der Waals surface area contributed by atoms with Crippen LogP contribution < -0.4 is 5.46 Å². The zero-order chi connectivity index (χ0) is 13.0. The van der Waals surface area contributed by atoms with Gasteiger partial charge in [-0.05, 0) is 23.9 Å². The number of nitrogens with zero attached hydrogens (tertiary/aromatic N) is 1. The van der Waals surface area contributed by atoms with Gasteiger partial charge in [0.05, 0.1) is 6.61 Å². The van der Waals surface area contributed by atoms with Crippen LogP contribution in [0.3, 0.4) is 0 Å². The third-order valence-corrected chi connectivity index (χ3v) is 3.31. The molecule has 0 unspecified atom stereocenters. The highest BCUT2D eigenvalue weighted by Crippen LogP contribution is 2.27. The van der Waals surface area contributed by atoms with Crippen LogP contribution in [0.4, 0.5) is 0 Å². The lowest BCUT2D eigenvalue weighted by molar-refractivity contribution is 0.139. The van der Waals surface area contributed by atoms with Crippen LogP contribution in [-0.4, -0.2) is 48.4 Å². The SMILES string of the molecule is COCCN(Cc1ccc(B(O)O)cc1)C1CC1. The monoisotopic (exact) mass is 249 g/mol. The van der Waals surface area contributed by atoms with E-state index in [9.17, 15) is 0 Å². The lowest BCUT2D eigenvalue weighted by atomic mass is 9.80. The van der Waals surface area contributed by atoms with Crippen LogP contribution in [0.25, 0.3) is 0 Å². The van der Waals surface area contributed by atoms with Crippen LogP contribution in [0.1, 0.15) is 18.4 Å². The zero-order valence-corrected chi connectivity index (χ0v) is 10.7. The van der Waals surface area contributed by atoms with Crippen LogP contribution in [-0.2, 0) is 11.3 Å². The van der Waals surface area contributed by atoms with Gasteiger partial charge in [0.15, 0.2) is 0 Å². The Kier molecular flexibility index (Phi) is 4.77. The largest absolute Gasteiger partial charge is 0.488 e. The van der Waals surface area contributed by atoms with Gasteiger partial charge in [0.1, 0.15) is 0 Å². The smallest absolute Gasteiger partial charge is 0.423 e. The van der Waals surface area contributed by atoms with E-state index >= 15 is 0 Å². The summed E-state index contributed by atoms with van der Waals surface area (Å²) in [4.78, 5) is 2.42. The second kappa shape index (κ2) is 6.34. The van der Waals surface area contributed by atoms with Gasteiger partial charge < -0.3 is 14.8 Å². The first kappa shape index (κ1) is 13.6. The molecular formula is C13H20BNO3. The Bertz CT molecular complexity index is 365. The van der Waals surface area contributed by atoms with Crippen molar-refractivity contribution < 1.29 is 14.8 Å². The first-order valence-electron chi connectivity index (χ1n) is 6.38. The van der Waals surface area contributed by atoms with Crippen LogP contribution in [0, 0.1) is 0 Å². The third-order valence-electron chi connectivity index (χ3n) is 3.31. The molecule has 98 valence electrons. The molecule has 5 heteroatoms. The molecule has 2 N–H and O–H groups in total. The Morgan fingerprint density at radius 2 is 1.94 bits per heavy atom. The first-order valence-corrected chi connectivity index (χ1v) is 6.38. The quantitative estimate of drug-likeness (QED) is 0.667. The highest BCUT2D eigenvalue weighted by atomic mass is 16.5. The maximum absolute atomic E-state index is 9.04. The van der Waals surface area contributed by atoms with Gasteiger partial charge in [-0.25, -0.2) is 0 Å². The highest BCUT2D eigenvalue weighted by molar-refractivity contribution is 6.58. The summed E-state index contributed by atoms with van der Waals surface area (Å²) in [5.74, 6) is 0. The van der Waals surface area contributed by atoms with Crippen molar-refractivity contribution in [2.24, 2.45) is 0 Å². The average molecular weight is 249 g/mol. The number of hydrogen-bond donors (Lipinski definition) is 2. The fraction of sp³-hybridized carbons (Fsp3) is 0.538. The van der Waals surface area contributed by atoms with Gasteiger partial charge in [-0.3, -0.25) is 4.90 Å². The van der Waals surface area contributed by atoms with E-state index in [-0.39, 0.29) is 0 Å². The van der Waals surface area contributed by atoms with Gasteiger partial charge >= 0.3 is 7.12 Å². The third kappa shape index (κ3) is 3.81. The maximum Gasteiger partial charge on any atom is 0.488 e. The van der Waals surface area contributed by atoms with Gasteiger partial charge in [-0.1, -0.05) is 24.3 Å². The van der Waals surface area contributed by atoms with E-state index in [1.54, 1.807) is 19.2 Å². The van der Waals surface area contributed by atoms with Crippen molar-refractivity contribution in [2.45, 2.75) is 25.4 Å². The van der Waals surface area contributed by atoms with E-state index in [0.717, 1.165) is 19.7 Å². The fourth-order valence-electron chi connectivity index (χ4n) is 2.07. The van der Waals surface area contributed by atoms with E-state index in [1.807, 2.05) is 12.1 Å². The molecular weight excluding hydrogens is 229 g/mol. The molecule has 0 aliphatic heterocycles. The molecule has 2 rings (SSSR count). The van der Waals surface area contributed by atoms with Gasteiger partial charge in [-0.2, -0.15) is 0 Å². The fourth-order valence-corrected chi connectivity index (χ4v) is 2.07. The normalized spacial score (nSPS) is 15.1. The molecule has 4 nitrogen and oxygen atoms in total. The lowest BCUT2D eigenvalue weighted by Gasteiger charge is -2.21. The minimum Gasteiger partial charge on any atom is -0.423 e. The summed E-state index contributed by atoms with van der Waals surface area (Å²) in [5, 5.41) is 18.1. The molecule has 1 aromatic rings. The van der Waals surface area contributed by atoms with Crippen molar-refractivity contribution in [3.63, 3.8) is 0 Å². The molecule has 1 fully saturated rings. The predicted octanol–water partition coefficient (Wildman–Crippen LogP) is -0.0228. The molecule has 0 bridgehead atoms. The van der Waals surface area contributed by atoms with Crippen molar-refractivity contribution in [3.8, 4) is 0 Å². The van der Waals surface area contributed by atoms with Gasteiger partial charge in [0.25, 0.3) is 0 Å². The van der Waals surface area contributed by atoms with Crippen LogP contribution in [0.2, 0.25) is 0 Å². The van der Waals surface area contributed by atoms with Crippen molar-refractivity contribution in [3.05, 3.63) is 29.8 Å². The summed E-state index contributed by atoms with van der Waals surface area (Å²) in [6, 6.07) is 8.14. The number of ether oxygens (including phenoxy) is 1. The molecule has 1 aliphatic carbocycles. The van der Waals surface area contributed by atoms with Gasteiger partial charge in [0, 0.05) is 26.2 Å². The zero-order valence-electron chi connectivity index (χ0n) is 10.7. The molecule has 1 aromatic carbocycles. The molecule has 18 heavy (non-hydrogen) atoms. The Balaban J connectivity index is 1.93. The standard InChI is InChI=1S/C13H20BNO3/c1-18-9-8-15(13-6-7-13)10-11-2-4-12(5-3-11)14(16)17/h2-5,13,16-17H,6-10H2,1H3. The van der Waals surface area contributed by atoms with Crippen molar-refractivity contribution in [1.29, 1.82) is 0 Å². The predicted molar refractivity (Wildman–Crippen MR) is 71.6 cm³/mol. The second-order valence-electron chi connectivity index (χ2n) is 4.81. The van der Waals surface area contributed by atoms with E-state index in [1.165, 1.54) is 18.4 Å². The molecule has 1 saturated carbocycles. The van der Waals surface area contributed by atoms with Crippen LogP contribution in [0.5, 0.6) is 0 Å². The number of hydrogen-bond acceptors (Lipinski definition) is 4. The van der Waals surface area contributed by atoms with E-state index in [0.29, 0.717) is 11.5 Å². The summed E-state index contributed by atoms with van der Waals surface area (Å²) >= 11 is 0. The maximum atomic E-state index is 9.04. The van der Waals surface area contributed by atoms with E-state index < -0.39 is 7.12 Å². The molecule has 0 atom stereocenters. The van der Waals surface area contributed by atoms with Gasteiger partial charge in [0.2, 0.25) is 0 Å². The molecule has 0 radical (unpaired) electrons. The first-order chi connectivity index (χ1) is 8.70.